The molecule has 1 heterocycles. The van der Waals surface area contributed by atoms with Gasteiger partial charge in [0.15, 0.2) is 0 Å². The fraction of sp³-hybridized carbons (Fsp3) is 0.364. The van der Waals surface area contributed by atoms with Crippen molar-refractivity contribution in [2.24, 2.45) is 0 Å². The summed E-state index contributed by atoms with van der Waals surface area (Å²) in [6.45, 7) is 2.02. The first kappa shape index (κ1) is 9.06. The highest BCUT2D eigenvalue weighted by Gasteiger charge is 2.24. The number of rotatable bonds is 2. The summed E-state index contributed by atoms with van der Waals surface area (Å²) >= 11 is 0. The molecule has 0 saturated carbocycles. The average Bonchev–Trinajstić information content (AvgIpc) is 2.44. The number of aryl methyl sites for hydroxylation is 1. The third kappa shape index (κ3) is 1.71. The van der Waals surface area contributed by atoms with Gasteiger partial charge in [-0.1, -0.05) is 17.7 Å². The molecule has 3 nitrogen and oxygen atoms in total. The number of hydrogen-bond donors (Lipinski definition) is 1. The number of carboxylic acids is 1. The predicted octanol–water partition coefficient (Wildman–Crippen LogP) is 1.77. The molecule has 0 bridgehead atoms. The molecule has 1 N–H and O–H groups in total. The zero-order chi connectivity index (χ0) is 10.1. The van der Waals surface area contributed by atoms with E-state index in [2.05, 4.69) is 6.07 Å². The van der Waals surface area contributed by atoms with Gasteiger partial charge in [0.2, 0.25) is 0 Å². The van der Waals surface area contributed by atoms with Crippen LogP contribution in [0.25, 0.3) is 0 Å². The zero-order valence-electron chi connectivity index (χ0n) is 7.99. The normalized spacial score (nSPS) is 18.8. The van der Waals surface area contributed by atoms with Gasteiger partial charge in [0.1, 0.15) is 11.9 Å². The lowest BCUT2D eigenvalue weighted by molar-refractivity contribution is -0.138. The van der Waals surface area contributed by atoms with Crippen LogP contribution in [0.5, 0.6) is 5.75 Å². The van der Waals surface area contributed by atoms with Crippen molar-refractivity contribution in [1.82, 2.24) is 0 Å². The number of fused-ring (bicyclic) bond motifs is 1. The molecule has 0 radical (unpaired) electrons. The Morgan fingerprint density at radius 2 is 2.43 bits per heavy atom. The van der Waals surface area contributed by atoms with Gasteiger partial charge in [-0.15, -0.1) is 0 Å². The third-order valence-electron chi connectivity index (χ3n) is 2.36. The average molecular weight is 192 g/mol. The van der Waals surface area contributed by atoms with Crippen LogP contribution in [0.15, 0.2) is 18.2 Å². The van der Waals surface area contributed by atoms with Crippen LogP contribution >= 0.6 is 0 Å². The third-order valence-corrected chi connectivity index (χ3v) is 2.36. The summed E-state index contributed by atoms with van der Waals surface area (Å²) in [5, 5.41) is 8.63. The van der Waals surface area contributed by atoms with Crippen molar-refractivity contribution in [3.63, 3.8) is 0 Å². The lowest BCUT2D eigenvalue weighted by atomic mass is 10.1. The van der Waals surface area contributed by atoms with E-state index >= 15 is 0 Å². The zero-order valence-corrected chi connectivity index (χ0v) is 7.99. The first-order chi connectivity index (χ1) is 6.65. The van der Waals surface area contributed by atoms with Crippen LogP contribution in [-0.2, 0) is 11.2 Å². The molecule has 0 amide bonds. The molecular formula is C11H12O3. The van der Waals surface area contributed by atoms with Gasteiger partial charge in [-0.3, -0.25) is 4.79 Å². The van der Waals surface area contributed by atoms with Crippen molar-refractivity contribution in [2.75, 3.05) is 0 Å². The Labute approximate surface area is 82.3 Å². The summed E-state index contributed by atoms with van der Waals surface area (Å²) in [5.41, 5.74) is 2.31. The fourth-order valence-electron chi connectivity index (χ4n) is 1.76. The van der Waals surface area contributed by atoms with Gasteiger partial charge in [-0.25, -0.2) is 0 Å². The maximum atomic E-state index is 10.5. The summed E-state index contributed by atoms with van der Waals surface area (Å²) < 4.78 is 5.49. The van der Waals surface area contributed by atoms with Crippen LogP contribution in [0, 0.1) is 6.92 Å². The molecule has 74 valence electrons. The number of ether oxygens (including phenoxy) is 1. The number of carboxylic acid groups (broad SMARTS) is 1. The second-order valence-electron chi connectivity index (χ2n) is 3.65. The van der Waals surface area contributed by atoms with E-state index in [1.165, 1.54) is 5.56 Å². The highest BCUT2D eigenvalue weighted by atomic mass is 16.5. The molecule has 0 spiro atoms. The molecule has 2 rings (SSSR count). The van der Waals surface area contributed by atoms with Gasteiger partial charge in [0.05, 0.1) is 6.42 Å². The van der Waals surface area contributed by atoms with E-state index < -0.39 is 5.97 Å². The quantitative estimate of drug-likeness (QED) is 0.776. The minimum Gasteiger partial charge on any atom is -0.489 e. The van der Waals surface area contributed by atoms with Crippen molar-refractivity contribution in [3.8, 4) is 5.75 Å². The minimum atomic E-state index is -0.806. The van der Waals surface area contributed by atoms with Crippen LogP contribution in [0.1, 0.15) is 17.5 Å². The summed E-state index contributed by atoms with van der Waals surface area (Å²) in [7, 11) is 0. The second kappa shape index (κ2) is 3.33. The lowest BCUT2D eigenvalue weighted by Gasteiger charge is -2.06. The first-order valence-corrected chi connectivity index (χ1v) is 4.63. The minimum absolute atomic E-state index is 0.0771. The van der Waals surface area contributed by atoms with E-state index in [1.807, 2.05) is 19.1 Å². The Balaban J connectivity index is 2.14. The van der Waals surface area contributed by atoms with E-state index in [9.17, 15) is 4.79 Å². The molecule has 1 aliphatic heterocycles. The number of carbonyl (C=O) groups is 1. The fourth-order valence-corrected chi connectivity index (χ4v) is 1.76. The van der Waals surface area contributed by atoms with Crippen molar-refractivity contribution in [1.29, 1.82) is 0 Å². The molecule has 0 fully saturated rings. The van der Waals surface area contributed by atoms with Crippen LogP contribution < -0.4 is 4.74 Å². The SMILES string of the molecule is Cc1ccc2c(c1)C[C@@H](CC(=O)O)O2. The number of benzene rings is 1. The summed E-state index contributed by atoms with van der Waals surface area (Å²) in [5.74, 6) is 0.0291. The van der Waals surface area contributed by atoms with Crippen molar-refractivity contribution >= 4 is 5.97 Å². The van der Waals surface area contributed by atoms with Crippen molar-refractivity contribution in [2.45, 2.75) is 25.9 Å². The Kier molecular flexibility index (Phi) is 2.15. The van der Waals surface area contributed by atoms with Crippen LogP contribution in [-0.4, -0.2) is 17.2 Å². The Bertz CT molecular complexity index is 371. The smallest absolute Gasteiger partial charge is 0.307 e. The van der Waals surface area contributed by atoms with E-state index in [1.54, 1.807) is 0 Å². The molecule has 1 aliphatic rings. The van der Waals surface area contributed by atoms with E-state index in [0.717, 1.165) is 11.3 Å². The number of aliphatic carboxylic acids is 1. The second-order valence-corrected chi connectivity index (χ2v) is 3.65. The van der Waals surface area contributed by atoms with E-state index in [4.69, 9.17) is 9.84 Å². The van der Waals surface area contributed by atoms with Gasteiger partial charge < -0.3 is 9.84 Å². The largest absolute Gasteiger partial charge is 0.489 e. The summed E-state index contributed by atoms with van der Waals surface area (Å²) in [6, 6.07) is 5.94. The Hall–Kier alpha value is -1.51. The van der Waals surface area contributed by atoms with Crippen molar-refractivity contribution in [3.05, 3.63) is 29.3 Å². The Morgan fingerprint density at radius 1 is 1.64 bits per heavy atom. The molecule has 0 aliphatic carbocycles. The maximum absolute atomic E-state index is 10.5. The van der Waals surface area contributed by atoms with Crippen LogP contribution in [0.3, 0.4) is 0 Å². The maximum Gasteiger partial charge on any atom is 0.307 e. The molecule has 0 aromatic heterocycles. The van der Waals surface area contributed by atoms with Gasteiger partial charge in [-0.2, -0.15) is 0 Å². The molecule has 1 atom stereocenters. The molecule has 3 heteroatoms. The standard InChI is InChI=1S/C11H12O3/c1-7-2-3-10-8(4-7)5-9(14-10)6-11(12)13/h2-4,9H,5-6H2,1H3,(H,12,13)/t9-/m0/s1. The van der Waals surface area contributed by atoms with Gasteiger partial charge in [0, 0.05) is 6.42 Å². The lowest BCUT2D eigenvalue weighted by Crippen LogP contribution is -2.17. The molecule has 14 heavy (non-hydrogen) atoms. The Morgan fingerprint density at radius 3 is 3.14 bits per heavy atom. The van der Waals surface area contributed by atoms with Gasteiger partial charge in [0.25, 0.3) is 0 Å². The van der Waals surface area contributed by atoms with E-state index in [0.29, 0.717) is 6.42 Å². The van der Waals surface area contributed by atoms with Gasteiger partial charge in [-0.05, 0) is 18.6 Å². The van der Waals surface area contributed by atoms with E-state index in [-0.39, 0.29) is 12.5 Å². The first-order valence-electron chi connectivity index (χ1n) is 4.63. The summed E-state index contributed by atoms with van der Waals surface area (Å²) in [6.07, 6.45) is 0.598. The molecular weight excluding hydrogens is 180 g/mol. The molecule has 0 unspecified atom stereocenters. The van der Waals surface area contributed by atoms with Crippen LogP contribution in [0.2, 0.25) is 0 Å². The predicted molar refractivity (Wildman–Crippen MR) is 51.6 cm³/mol. The molecule has 1 aromatic carbocycles. The van der Waals surface area contributed by atoms with Crippen molar-refractivity contribution < 1.29 is 14.6 Å². The summed E-state index contributed by atoms with van der Waals surface area (Å²) in [4.78, 5) is 10.5. The van der Waals surface area contributed by atoms with Gasteiger partial charge >= 0.3 is 5.97 Å². The highest BCUT2D eigenvalue weighted by Crippen LogP contribution is 2.30. The van der Waals surface area contributed by atoms with Crippen LogP contribution in [0.4, 0.5) is 0 Å². The number of hydrogen-bond acceptors (Lipinski definition) is 2. The molecule has 0 saturated heterocycles. The monoisotopic (exact) mass is 192 g/mol. The topological polar surface area (TPSA) is 46.5 Å². The highest BCUT2D eigenvalue weighted by molar-refractivity contribution is 5.67. The molecule has 1 aromatic rings.